The number of unbranched alkanes of at least 4 members (excludes halogenated alkanes) is 6. The fraction of sp³-hybridized carbons (Fsp3) is 1.00. The second-order valence-electron chi connectivity index (χ2n) is 6.92. The molecule has 0 heterocycles. The topological polar surface area (TPSA) is 3.24 Å². The van der Waals surface area contributed by atoms with Gasteiger partial charge in [0.25, 0.3) is 0 Å². The molecule has 0 rings (SSSR count). The van der Waals surface area contributed by atoms with Gasteiger partial charge in [-0.2, -0.15) is 0 Å². The van der Waals surface area contributed by atoms with Crippen LogP contribution in [0.2, 0.25) is 31.7 Å². The first-order valence-corrected chi connectivity index (χ1v) is 13.8. The first kappa shape index (κ1) is 19.4. The quantitative estimate of drug-likeness (QED) is 0.320. The molecule has 0 aliphatic carbocycles. The summed E-state index contributed by atoms with van der Waals surface area (Å²) >= 11 is 0. The summed E-state index contributed by atoms with van der Waals surface area (Å²) in [4.78, 5) is 0. The summed E-state index contributed by atoms with van der Waals surface area (Å²) in [6, 6.07) is 3.05. The lowest BCUT2D eigenvalue weighted by atomic mass is 10.2. The number of hydrogen-bond donors (Lipinski definition) is 0. The van der Waals surface area contributed by atoms with Gasteiger partial charge in [0.2, 0.25) is 0 Å². The lowest BCUT2D eigenvalue weighted by molar-refractivity contribution is 0.657. The van der Waals surface area contributed by atoms with Crippen molar-refractivity contribution in [3.63, 3.8) is 0 Å². The van der Waals surface area contributed by atoms with E-state index >= 15 is 0 Å². The largest absolute Gasteiger partial charge is 0.349 e. The minimum Gasteiger partial charge on any atom is -0.349 e. The van der Waals surface area contributed by atoms with Crippen LogP contribution in [0.1, 0.15) is 65.2 Å². The lowest BCUT2D eigenvalue weighted by Gasteiger charge is -2.36. The van der Waals surface area contributed by atoms with Gasteiger partial charge in [0.1, 0.15) is 17.2 Å². The predicted octanol–water partition coefficient (Wildman–Crippen LogP) is 5.91. The zero-order valence-corrected chi connectivity index (χ0v) is 16.5. The lowest BCUT2D eigenvalue weighted by Crippen LogP contribution is -2.51. The Morgan fingerprint density at radius 2 is 1.16 bits per heavy atom. The molecule has 0 atom stereocenters. The van der Waals surface area contributed by atoms with Crippen molar-refractivity contribution in [3.8, 4) is 0 Å². The van der Waals surface area contributed by atoms with Crippen LogP contribution in [0, 0.1) is 0 Å². The Labute approximate surface area is 125 Å². The molecule has 0 bridgehead atoms. The van der Waals surface area contributed by atoms with Crippen molar-refractivity contribution in [2.75, 3.05) is 7.05 Å². The van der Waals surface area contributed by atoms with Gasteiger partial charge in [0.05, 0.1) is 0 Å². The molecule has 0 spiro atoms. The van der Waals surface area contributed by atoms with Gasteiger partial charge >= 0.3 is 0 Å². The van der Waals surface area contributed by atoms with Crippen LogP contribution in [0.4, 0.5) is 0 Å². The zero-order valence-electron chi connectivity index (χ0n) is 14.5. The van der Waals surface area contributed by atoms with Crippen LogP contribution >= 0.6 is 0 Å². The van der Waals surface area contributed by atoms with Crippen molar-refractivity contribution in [2.45, 2.75) is 96.9 Å². The van der Waals surface area contributed by atoms with Crippen LogP contribution in [0.25, 0.3) is 0 Å². The smallest absolute Gasteiger partial charge is 0.129 e. The summed E-state index contributed by atoms with van der Waals surface area (Å²) < 4.78 is 2.86. The molecule has 0 N–H and O–H groups in total. The molecule has 115 valence electrons. The van der Waals surface area contributed by atoms with Crippen molar-refractivity contribution >= 4 is 17.2 Å². The molecule has 0 saturated heterocycles. The zero-order chi connectivity index (χ0) is 14.7. The summed E-state index contributed by atoms with van der Waals surface area (Å²) in [5.41, 5.74) is 0. The van der Waals surface area contributed by atoms with E-state index in [1.165, 1.54) is 63.5 Å². The van der Waals surface area contributed by atoms with Crippen molar-refractivity contribution in [3.05, 3.63) is 0 Å². The maximum Gasteiger partial charge on any atom is 0.129 e. The van der Waals surface area contributed by atoms with E-state index in [-0.39, 0.29) is 8.96 Å². The first-order chi connectivity index (χ1) is 8.93. The molecule has 0 unspecified atom stereocenters. The third-order valence-corrected chi connectivity index (χ3v) is 11.9. The fourth-order valence-electron chi connectivity index (χ4n) is 2.45. The molecule has 0 aliphatic heterocycles. The molecule has 1 nitrogen and oxygen atoms in total. The highest BCUT2D eigenvalue weighted by molar-refractivity contribution is 6.83. The highest BCUT2D eigenvalue weighted by Gasteiger charge is 2.27. The SMILES string of the molecule is CCCCCC[Si](CCCCCC)N(C)[Si](C)(C)C. The predicted molar refractivity (Wildman–Crippen MR) is 94.8 cm³/mol. The van der Waals surface area contributed by atoms with E-state index in [1.807, 2.05) is 0 Å². The van der Waals surface area contributed by atoms with Crippen LogP contribution in [0.3, 0.4) is 0 Å². The molecule has 0 aromatic carbocycles. The number of rotatable bonds is 12. The molecule has 1 radical (unpaired) electrons. The normalized spacial score (nSPS) is 12.6. The minimum atomic E-state index is -1.08. The highest BCUT2D eigenvalue weighted by atomic mass is 28.4. The number of nitrogens with zero attached hydrogens (tertiary/aromatic N) is 1. The van der Waals surface area contributed by atoms with Gasteiger partial charge < -0.3 is 4.23 Å². The second kappa shape index (κ2) is 11.1. The van der Waals surface area contributed by atoms with Gasteiger partial charge in [-0.05, 0) is 19.1 Å². The van der Waals surface area contributed by atoms with E-state index in [4.69, 9.17) is 0 Å². The fourth-order valence-corrected chi connectivity index (χ4v) is 9.15. The van der Waals surface area contributed by atoms with Gasteiger partial charge in [-0.25, -0.2) is 0 Å². The average Bonchev–Trinajstić information content (AvgIpc) is 2.35. The molecule has 0 aromatic heterocycles. The average molecular weight is 301 g/mol. The van der Waals surface area contributed by atoms with E-state index < -0.39 is 8.24 Å². The Balaban J connectivity index is 4.14. The maximum atomic E-state index is 2.86. The molecular formula is C16H38NSi2. The second-order valence-corrected chi connectivity index (χ2v) is 15.2. The van der Waals surface area contributed by atoms with Gasteiger partial charge in [0, 0.05) is 0 Å². The molecule has 0 fully saturated rings. The summed E-state index contributed by atoms with van der Waals surface area (Å²) in [5, 5.41) is 0. The molecular weight excluding hydrogens is 262 g/mol. The maximum absolute atomic E-state index is 2.86. The van der Waals surface area contributed by atoms with Crippen molar-refractivity contribution < 1.29 is 0 Å². The van der Waals surface area contributed by atoms with Crippen LogP contribution in [0.5, 0.6) is 0 Å². The Morgan fingerprint density at radius 3 is 1.47 bits per heavy atom. The first-order valence-electron chi connectivity index (χ1n) is 8.52. The molecule has 0 aliphatic rings. The Kier molecular flexibility index (Phi) is 11.3. The van der Waals surface area contributed by atoms with Gasteiger partial charge in [-0.3, -0.25) is 0 Å². The third kappa shape index (κ3) is 9.86. The molecule has 0 aromatic rings. The van der Waals surface area contributed by atoms with Crippen molar-refractivity contribution in [1.82, 2.24) is 4.23 Å². The van der Waals surface area contributed by atoms with Gasteiger partial charge in [-0.15, -0.1) is 0 Å². The van der Waals surface area contributed by atoms with E-state index in [1.54, 1.807) is 0 Å². The summed E-state index contributed by atoms with van der Waals surface area (Å²) in [5.74, 6) is 0. The van der Waals surface area contributed by atoms with Crippen LogP contribution in [0.15, 0.2) is 0 Å². The summed E-state index contributed by atoms with van der Waals surface area (Å²) in [6.45, 7) is 12.1. The Bertz CT molecular complexity index is 189. The molecule has 0 amide bonds. The standard InChI is InChI=1S/C16H38NSi2/c1-7-9-11-13-15-18(16-14-12-10-8-2)17(3)19(4,5)6/h7-16H2,1-6H3. The van der Waals surface area contributed by atoms with Crippen LogP contribution < -0.4 is 0 Å². The van der Waals surface area contributed by atoms with Crippen molar-refractivity contribution in [1.29, 1.82) is 0 Å². The molecule has 19 heavy (non-hydrogen) atoms. The van der Waals surface area contributed by atoms with E-state index in [9.17, 15) is 0 Å². The van der Waals surface area contributed by atoms with Crippen LogP contribution in [-0.2, 0) is 0 Å². The monoisotopic (exact) mass is 300 g/mol. The Hall–Kier alpha value is 0.394. The van der Waals surface area contributed by atoms with Crippen LogP contribution in [-0.4, -0.2) is 28.5 Å². The minimum absolute atomic E-state index is 0.246. The molecule has 0 saturated carbocycles. The molecule has 3 heteroatoms. The number of hydrogen-bond acceptors (Lipinski definition) is 1. The van der Waals surface area contributed by atoms with E-state index in [2.05, 4.69) is 44.8 Å². The van der Waals surface area contributed by atoms with Gasteiger partial charge in [-0.1, -0.05) is 84.9 Å². The summed E-state index contributed by atoms with van der Waals surface area (Å²) in [6.07, 6.45) is 11.5. The third-order valence-electron chi connectivity index (χ3n) is 4.12. The Morgan fingerprint density at radius 1 is 0.737 bits per heavy atom. The van der Waals surface area contributed by atoms with E-state index in [0.717, 1.165) is 0 Å². The van der Waals surface area contributed by atoms with Crippen molar-refractivity contribution in [2.24, 2.45) is 0 Å². The van der Waals surface area contributed by atoms with Gasteiger partial charge in [0.15, 0.2) is 0 Å². The van der Waals surface area contributed by atoms with E-state index in [0.29, 0.717) is 0 Å². The highest BCUT2D eigenvalue weighted by Crippen LogP contribution is 2.20. The summed E-state index contributed by atoms with van der Waals surface area (Å²) in [7, 11) is 1.10.